The maximum absolute atomic E-state index is 14.6. The highest BCUT2D eigenvalue weighted by Crippen LogP contribution is 2.40. The standard InChI is InChI=1S/C21H20F5N5O3/c22-13-10-17(34-16-1-2-27-19-18(16)12(11-29-19)21(24,25)26)14(23)9-15(13)30-20(32)28-3-4-31-5-7-33-8-6-31/h1-2,9-11H,3-8H2,(H,27,29)(H2,28,30,32). The maximum Gasteiger partial charge on any atom is 0.418 e. The number of anilines is 1. The SMILES string of the molecule is O=C(NCCN1CCOCC1)Nc1cc(F)c(Oc2ccnc3[nH]cc(C(F)(F)F)c23)cc1F. The Morgan fingerprint density at radius 3 is 2.68 bits per heavy atom. The Morgan fingerprint density at radius 1 is 1.18 bits per heavy atom. The largest absolute Gasteiger partial charge is 0.453 e. The van der Waals surface area contributed by atoms with E-state index in [4.69, 9.17) is 9.47 Å². The fourth-order valence-electron chi connectivity index (χ4n) is 3.48. The van der Waals surface area contributed by atoms with Crippen LogP contribution in [0.1, 0.15) is 5.56 Å². The number of aromatic nitrogens is 2. The van der Waals surface area contributed by atoms with E-state index in [1.807, 2.05) is 0 Å². The minimum atomic E-state index is -4.72. The third-order valence-electron chi connectivity index (χ3n) is 5.15. The van der Waals surface area contributed by atoms with Gasteiger partial charge in [0.1, 0.15) is 11.4 Å². The van der Waals surface area contributed by atoms with Gasteiger partial charge in [0.15, 0.2) is 17.4 Å². The summed E-state index contributed by atoms with van der Waals surface area (Å²) in [6.07, 6.45) is -2.84. The van der Waals surface area contributed by atoms with E-state index in [0.717, 1.165) is 19.2 Å². The van der Waals surface area contributed by atoms with E-state index >= 15 is 0 Å². The van der Waals surface area contributed by atoms with Gasteiger partial charge in [-0.2, -0.15) is 13.2 Å². The van der Waals surface area contributed by atoms with E-state index in [2.05, 4.69) is 25.5 Å². The average molecular weight is 485 g/mol. The molecule has 13 heteroatoms. The first-order valence-corrected chi connectivity index (χ1v) is 10.3. The minimum Gasteiger partial charge on any atom is -0.453 e. The lowest BCUT2D eigenvalue weighted by Gasteiger charge is -2.26. The summed E-state index contributed by atoms with van der Waals surface area (Å²) >= 11 is 0. The number of fused-ring (bicyclic) bond motifs is 1. The molecule has 0 unspecified atom stereocenters. The average Bonchev–Trinajstić information content (AvgIpc) is 3.24. The Kier molecular flexibility index (Phi) is 6.84. The van der Waals surface area contributed by atoms with Crippen LogP contribution in [-0.4, -0.2) is 60.3 Å². The van der Waals surface area contributed by atoms with Gasteiger partial charge in [-0.3, -0.25) is 4.90 Å². The number of aromatic amines is 1. The van der Waals surface area contributed by atoms with Crippen LogP contribution in [0.4, 0.5) is 32.4 Å². The van der Waals surface area contributed by atoms with Gasteiger partial charge < -0.3 is 25.1 Å². The number of rotatable bonds is 6. The molecule has 34 heavy (non-hydrogen) atoms. The van der Waals surface area contributed by atoms with Crippen molar-refractivity contribution >= 4 is 22.8 Å². The third kappa shape index (κ3) is 5.37. The summed E-state index contributed by atoms with van der Waals surface area (Å²) in [6.45, 7) is 3.55. The molecule has 3 N–H and O–H groups in total. The molecule has 0 bridgehead atoms. The zero-order valence-corrected chi connectivity index (χ0v) is 17.6. The zero-order valence-electron chi connectivity index (χ0n) is 17.6. The molecular weight excluding hydrogens is 465 g/mol. The molecule has 1 fully saturated rings. The normalized spacial score (nSPS) is 14.9. The Balaban J connectivity index is 1.45. The summed E-state index contributed by atoms with van der Waals surface area (Å²) in [6, 6.07) is 1.70. The van der Waals surface area contributed by atoms with Crippen molar-refractivity contribution in [1.29, 1.82) is 0 Å². The number of urea groups is 1. The number of amides is 2. The van der Waals surface area contributed by atoms with E-state index in [1.54, 1.807) is 0 Å². The van der Waals surface area contributed by atoms with Crippen LogP contribution in [-0.2, 0) is 10.9 Å². The molecule has 2 aromatic heterocycles. The first kappa shape index (κ1) is 23.7. The molecule has 0 radical (unpaired) electrons. The van der Waals surface area contributed by atoms with Gasteiger partial charge >= 0.3 is 12.2 Å². The molecule has 3 heterocycles. The molecule has 0 saturated carbocycles. The Morgan fingerprint density at radius 2 is 1.94 bits per heavy atom. The second-order valence-corrected chi connectivity index (χ2v) is 7.43. The number of ether oxygens (including phenoxy) is 2. The van der Waals surface area contributed by atoms with E-state index < -0.39 is 46.2 Å². The molecule has 0 atom stereocenters. The number of nitrogens with one attached hydrogen (secondary N) is 3. The fourth-order valence-corrected chi connectivity index (χ4v) is 3.48. The van der Waals surface area contributed by atoms with E-state index in [-0.39, 0.29) is 17.9 Å². The number of hydrogen-bond donors (Lipinski definition) is 3. The Hall–Kier alpha value is -3.45. The van der Waals surface area contributed by atoms with Gasteiger partial charge in [-0.15, -0.1) is 0 Å². The van der Waals surface area contributed by atoms with Gasteiger partial charge in [-0.25, -0.2) is 18.6 Å². The number of morpholine rings is 1. The van der Waals surface area contributed by atoms with E-state index in [9.17, 15) is 26.7 Å². The molecule has 1 saturated heterocycles. The van der Waals surface area contributed by atoms with E-state index in [0.29, 0.717) is 38.1 Å². The summed E-state index contributed by atoms with van der Waals surface area (Å²) in [5.41, 5.74) is -1.64. The maximum atomic E-state index is 14.6. The van der Waals surface area contributed by atoms with Gasteiger partial charge in [-0.1, -0.05) is 0 Å². The smallest absolute Gasteiger partial charge is 0.418 e. The highest BCUT2D eigenvalue weighted by atomic mass is 19.4. The molecule has 1 aliphatic rings. The topological polar surface area (TPSA) is 91.5 Å². The number of halogens is 5. The number of H-pyrrole nitrogens is 1. The van der Waals surface area contributed by atoms with Crippen molar-refractivity contribution in [3.8, 4) is 11.5 Å². The molecule has 8 nitrogen and oxygen atoms in total. The monoisotopic (exact) mass is 485 g/mol. The van der Waals surface area contributed by atoms with Gasteiger partial charge in [-0.05, 0) is 6.07 Å². The minimum absolute atomic E-state index is 0.127. The van der Waals surface area contributed by atoms with Crippen LogP contribution in [0.5, 0.6) is 11.5 Å². The van der Waals surface area contributed by atoms with Gasteiger partial charge in [0.25, 0.3) is 0 Å². The second-order valence-electron chi connectivity index (χ2n) is 7.43. The predicted molar refractivity (Wildman–Crippen MR) is 112 cm³/mol. The summed E-state index contributed by atoms with van der Waals surface area (Å²) < 4.78 is 79.5. The highest BCUT2D eigenvalue weighted by molar-refractivity contribution is 5.89. The van der Waals surface area contributed by atoms with Crippen LogP contribution in [0, 0.1) is 11.6 Å². The third-order valence-corrected chi connectivity index (χ3v) is 5.15. The van der Waals surface area contributed by atoms with Crippen LogP contribution >= 0.6 is 0 Å². The molecule has 3 aromatic rings. The molecule has 0 aliphatic carbocycles. The Bertz CT molecular complexity index is 1180. The number of pyridine rings is 1. The van der Waals surface area contributed by atoms with Gasteiger partial charge in [0.2, 0.25) is 0 Å². The van der Waals surface area contributed by atoms with Crippen molar-refractivity contribution in [3.05, 3.63) is 47.8 Å². The lowest BCUT2D eigenvalue weighted by atomic mass is 10.2. The number of nitrogens with zero attached hydrogens (tertiary/aromatic N) is 2. The summed E-state index contributed by atoms with van der Waals surface area (Å²) in [7, 11) is 0. The summed E-state index contributed by atoms with van der Waals surface area (Å²) in [4.78, 5) is 20.3. The molecule has 2 amide bonds. The summed E-state index contributed by atoms with van der Waals surface area (Å²) in [5.74, 6) is -3.13. The number of alkyl halides is 3. The molecule has 0 spiro atoms. The molecule has 4 rings (SSSR count). The van der Waals surface area contributed by atoms with E-state index in [1.165, 1.54) is 6.20 Å². The lowest BCUT2D eigenvalue weighted by Crippen LogP contribution is -2.42. The van der Waals surface area contributed by atoms with Crippen molar-refractivity contribution in [2.75, 3.05) is 44.7 Å². The van der Waals surface area contributed by atoms with Gasteiger partial charge in [0, 0.05) is 50.7 Å². The number of hydrogen-bond acceptors (Lipinski definition) is 5. The number of carbonyl (C=O) groups excluding carboxylic acids is 1. The second kappa shape index (κ2) is 9.81. The van der Waals surface area contributed by atoms with Crippen LogP contribution in [0.15, 0.2) is 30.6 Å². The molecule has 1 aliphatic heterocycles. The quantitative estimate of drug-likeness (QED) is 0.458. The summed E-state index contributed by atoms with van der Waals surface area (Å²) in [5, 5.41) is 4.33. The van der Waals surface area contributed by atoms with Crippen molar-refractivity contribution < 1.29 is 36.2 Å². The van der Waals surface area contributed by atoms with Crippen LogP contribution in [0.25, 0.3) is 11.0 Å². The van der Waals surface area contributed by atoms with Crippen molar-refractivity contribution in [1.82, 2.24) is 20.2 Å². The van der Waals surface area contributed by atoms with Crippen LogP contribution in [0.2, 0.25) is 0 Å². The molecular formula is C21H20F5N5O3. The molecule has 1 aromatic carbocycles. The fraction of sp³-hybridized carbons (Fsp3) is 0.333. The zero-order chi connectivity index (χ0) is 24.3. The van der Waals surface area contributed by atoms with Crippen LogP contribution in [0.3, 0.4) is 0 Å². The lowest BCUT2D eigenvalue weighted by molar-refractivity contribution is -0.136. The first-order valence-electron chi connectivity index (χ1n) is 10.3. The van der Waals surface area contributed by atoms with Crippen molar-refractivity contribution in [3.63, 3.8) is 0 Å². The molecule has 182 valence electrons. The van der Waals surface area contributed by atoms with Crippen LogP contribution < -0.4 is 15.4 Å². The highest BCUT2D eigenvalue weighted by Gasteiger charge is 2.35. The number of carbonyl (C=O) groups is 1. The Labute approximate surface area is 190 Å². The predicted octanol–water partition coefficient (Wildman–Crippen LogP) is 4.11. The van der Waals surface area contributed by atoms with Crippen molar-refractivity contribution in [2.45, 2.75) is 6.18 Å². The number of benzene rings is 1. The first-order chi connectivity index (χ1) is 16.2. The van der Waals surface area contributed by atoms with Crippen molar-refractivity contribution in [2.24, 2.45) is 0 Å². The van der Waals surface area contributed by atoms with Gasteiger partial charge in [0.05, 0.1) is 29.9 Å².